The Kier molecular flexibility index (Phi) is 5.90. The lowest BCUT2D eigenvalue weighted by Gasteiger charge is -2.38. The van der Waals surface area contributed by atoms with Crippen molar-refractivity contribution in [1.29, 1.82) is 0 Å². The molecule has 0 aliphatic carbocycles. The molecule has 8 heteroatoms. The van der Waals surface area contributed by atoms with Crippen LogP contribution in [0.15, 0.2) is 12.4 Å². The second kappa shape index (κ2) is 8.14. The summed E-state index contributed by atoms with van der Waals surface area (Å²) in [6.45, 7) is 10.8. The second-order valence-electron chi connectivity index (χ2n) is 7.70. The van der Waals surface area contributed by atoms with Crippen LogP contribution >= 0.6 is 0 Å². The highest BCUT2D eigenvalue weighted by molar-refractivity contribution is 5.74. The minimum atomic E-state index is -0.0935. The molecule has 3 rings (SSSR count). The average molecular weight is 350 g/mol. The smallest absolute Gasteiger partial charge is 0.317 e. The number of amides is 2. The Balaban J connectivity index is 1.39. The average Bonchev–Trinajstić information content (AvgIpc) is 3.07. The fraction of sp³-hybridized carbons (Fsp3) is 0.824. The van der Waals surface area contributed by atoms with Gasteiger partial charge in [0.05, 0.1) is 18.4 Å². The normalized spacial score (nSPS) is 24.2. The molecule has 2 fully saturated rings. The van der Waals surface area contributed by atoms with Gasteiger partial charge in [0.1, 0.15) is 0 Å². The maximum Gasteiger partial charge on any atom is 0.317 e. The number of morpholine rings is 1. The molecule has 8 nitrogen and oxygen atoms in total. The van der Waals surface area contributed by atoms with Gasteiger partial charge in [0.2, 0.25) is 0 Å². The zero-order chi connectivity index (χ0) is 17.7. The van der Waals surface area contributed by atoms with E-state index >= 15 is 0 Å². The van der Waals surface area contributed by atoms with Gasteiger partial charge >= 0.3 is 6.03 Å². The van der Waals surface area contributed by atoms with Crippen molar-refractivity contribution in [1.82, 2.24) is 30.1 Å². The number of piperidine rings is 1. The molecule has 25 heavy (non-hydrogen) atoms. The molecule has 140 valence electrons. The van der Waals surface area contributed by atoms with Crippen molar-refractivity contribution in [2.24, 2.45) is 5.92 Å². The predicted octanol–water partition coefficient (Wildman–Crippen LogP) is 0.811. The number of nitrogens with one attached hydrogen (secondary N) is 1. The minimum absolute atomic E-state index is 0.0517. The molecule has 1 aromatic heterocycles. The van der Waals surface area contributed by atoms with E-state index in [1.165, 1.54) is 0 Å². The van der Waals surface area contributed by atoms with Crippen molar-refractivity contribution < 1.29 is 9.53 Å². The lowest BCUT2D eigenvalue weighted by Crippen LogP contribution is -2.51. The van der Waals surface area contributed by atoms with E-state index in [0.717, 1.165) is 58.7 Å². The summed E-state index contributed by atoms with van der Waals surface area (Å²) in [5.74, 6) is 0.446. The van der Waals surface area contributed by atoms with Gasteiger partial charge in [-0.1, -0.05) is 5.21 Å². The Labute approximate surface area is 149 Å². The number of carbonyl (C=O) groups excluding carboxylic acids is 1. The molecule has 0 bridgehead atoms. The summed E-state index contributed by atoms with van der Waals surface area (Å²) < 4.78 is 7.58. The number of urea groups is 1. The van der Waals surface area contributed by atoms with Crippen LogP contribution in [0.25, 0.3) is 0 Å². The van der Waals surface area contributed by atoms with Gasteiger partial charge in [-0.05, 0) is 32.6 Å². The molecule has 1 unspecified atom stereocenters. The Morgan fingerprint density at radius 1 is 1.40 bits per heavy atom. The highest BCUT2D eigenvalue weighted by atomic mass is 16.5. The van der Waals surface area contributed by atoms with Gasteiger partial charge in [0, 0.05) is 52.0 Å². The van der Waals surface area contributed by atoms with Crippen LogP contribution in [0, 0.1) is 5.92 Å². The SMILES string of the molecule is CC1(C)CN(CCNC(=O)N2CCCC(Cn3ccnn3)C2)CCO1. The van der Waals surface area contributed by atoms with Crippen LogP contribution in [0.4, 0.5) is 4.79 Å². The molecule has 1 atom stereocenters. The molecule has 1 N–H and O–H groups in total. The molecule has 0 aromatic carbocycles. The molecule has 2 saturated heterocycles. The molecule has 2 aliphatic rings. The summed E-state index contributed by atoms with van der Waals surface area (Å²) in [5.41, 5.74) is -0.0935. The van der Waals surface area contributed by atoms with E-state index in [-0.39, 0.29) is 11.6 Å². The van der Waals surface area contributed by atoms with Crippen molar-refractivity contribution in [2.45, 2.75) is 38.8 Å². The molecule has 2 aliphatic heterocycles. The summed E-state index contributed by atoms with van der Waals surface area (Å²) in [7, 11) is 0. The highest BCUT2D eigenvalue weighted by Crippen LogP contribution is 2.18. The molecule has 1 aromatic rings. The van der Waals surface area contributed by atoms with Gasteiger partial charge in [-0.3, -0.25) is 9.58 Å². The van der Waals surface area contributed by atoms with E-state index in [1.54, 1.807) is 6.20 Å². The van der Waals surface area contributed by atoms with Gasteiger partial charge in [0.15, 0.2) is 0 Å². The van der Waals surface area contributed by atoms with Gasteiger partial charge in [-0.2, -0.15) is 0 Å². The number of nitrogens with zero attached hydrogens (tertiary/aromatic N) is 5. The van der Waals surface area contributed by atoms with Gasteiger partial charge in [-0.25, -0.2) is 4.79 Å². The Bertz CT molecular complexity index is 547. The van der Waals surface area contributed by atoms with Crippen molar-refractivity contribution in [3.05, 3.63) is 12.4 Å². The fourth-order valence-electron chi connectivity index (χ4n) is 3.73. The molecule has 0 spiro atoms. The van der Waals surface area contributed by atoms with E-state index < -0.39 is 0 Å². The summed E-state index contributed by atoms with van der Waals surface area (Å²) in [6.07, 6.45) is 5.75. The van der Waals surface area contributed by atoms with Crippen molar-refractivity contribution in [2.75, 3.05) is 45.9 Å². The number of aromatic nitrogens is 3. The van der Waals surface area contributed by atoms with Gasteiger partial charge in [0.25, 0.3) is 0 Å². The monoisotopic (exact) mass is 350 g/mol. The number of ether oxygens (including phenoxy) is 1. The summed E-state index contributed by atoms with van der Waals surface area (Å²) in [4.78, 5) is 16.7. The van der Waals surface area contributed by atoms with E-state index in [0.29, 0.717) is 12.5 Å². The molecular formula is C17H30N6O2. The zero-order valence-corrected chi connectivity index (χ0v) is 15.4. The largest absolute Gasteiger partial charge is 0.373 e. The van der Waals surface area contributed by atoms with Crippen LogP contribution in [0.1, 0.15) is 26.7 Å². The first-order valence-electron chi connectivity index (χ1n) is 9.25. The Morgan fingerprint density at radius 3 is 3.04 bits per heavy atom. The third-order valence-electron chi connectivity index (χ3n) is 4.93. The fourth-order valence-corrected chi connectivity index (χ4v) is 3.73. The first-order chi connectivity index (χ1) is 12.0. The number of carbonyl (C=O) groups is 1. The number of likely N-dealkylation sites (tertiary alicyclic amines) is 1. The molecular weight excluding hydrogens is 320 g/mol. The van der Waals surface area contributed by atoms with Crippen LogP contribution in [-0.2, 0) is 11.3 Å². The van der Waals surface area contributed by atoms with Crippen molar-refractivity contribution >= 4 is 6.03 Å². The minimum Gasteiger partial charge on any atom is -0.373 e. The Morgan fingerprint density at radius 2 is 2.28 bits per heavy atom. The van der Waals surface area contributed by atoms with Crippen LogP contribution in [0.5, 0.6) is 0 Å². The zero-order valence-electron chi connectivity index (χ0n) is 15.4. The van der Waals surface area contributed by atoms with Crippen molar-refractivity contribution in [3.8, 4) is 0 Å². The molecule has 2 amide bonds. The summed E-state index contributed by atoms with van der Waals surface area (Å²) in [5, 5.41) is 10.9. The summed E-state index contributed by atoms with van der Waals surface area (Å²) >= 11 is 0. The first kappa shape index (κ1) is 18.1. The first-order valence-corrected chi connectivity index (χ1v) is 9.25. The van der Waals surface area contributed by atoms with Crippen molar-refractivity contribution in [3.63, 3.8) is 0 Å². The second-order valence-corrected chi connectivity index (χ2v) is 7.70. The summed E-state index contributed by atoms with van der Waals surface area (Å²) in [6, 6.07) is 0.0517. The third-order valence-corrected chi connectivity index (χ3v) is 4.93. The van der Waals surface area contributed by atoms with Crippen LogP contribution in [0.2, 0.25) is 0 Å². The number of hydrogen-bond donors (Lipinski definition) is 1. The van der Waals surface area contributed by atoms with Gasteiger partial charge < -0.3 is 15.0 Å². The Hall–Kier alpha value is -1.67. The van der Waals surface area contributed by atoms with Crippen LogP contribution < -0.4 is 5.32 Å². The number of hydrogen-bond acceptors (Lipinski definition) is 5. The standard InChI is InChI=1S/C17H30N6O2/c1-17(2)14-21(10-11-25-17)8-5-18-16(24)22-7-3-4-15(12-22)13-23-9-6-19-20-23/h6,9,15H,3-5,7-8,10-14H2,1-2H3,(H,18,24). The third kappa shape index (κ3) is 5.40. The van der Waals surface area contributed by atoms with E-state index in [9.17, 15) is 4.79 Å². The maximum atomic E-state index is 12.5. The van der Waals surface area contributed by atoms with Crippen LogP contribution in [0.3, 0.4) is 0 Å². The molecule has 0 radical (unpaired) electrons. The quantitative estimate of drug-likeness (QED) is 0.851. The maximum absolute atomic E-state index is 12.5. The predicted molar refractivity (Wildman–Crippen MR) is 94.2 cm³/mol. The lowest BCUT2D eigenvalue weighted by molar-refractivity contribution is -0.0853. The molecule has 0 saturated carbocycles. The lowest BCUT2D eigenvalue weighted by atomic mass is 9.98. The molecule has 3 heterocycles. The van der Waals surface area contributed by atoms with Gasteiger partial charge in [-0.15, -0.1) is 5.10 Å². The van der Waals surface area contributed by atoms with E-state index in [1.807, 2.05) is 15.8 Å². The number of rotatable bonds is 5. The van der Waals surface area contributed by atoms with E-state index in [4.69, 9.17) is 4.74 Å². The van der Waals surface area contributed by atoms with Crippen LogP contribution in [-0.4, -0.2) is 82.3 Å². The highest BCUT2D eigenvalue weighted by Gasteiger charge is 2.27. The topological polar surface area (TPSA) is 75.5 Å². The van der Waals surface area contributed by atoms with E-state index in [2.05, 4.69) is 34.4 Å².